The maximum Gasteiger partial charge on any atom is 0.251 e. The number of hydrogen-bond donors (Lipinski definition) is 1. The number of pyridine rings is 1. The van der Waals surface area contributed by atoms with Gasteiger partial charge in [-0.3, -0.25) is 9.69 Å². The van der Waals surface area contributed by atoms with E-state index < -0.39 is 6.17 Å². The smallest absolute Gasteiger partial charge is 0.251 e. The lowest BCUT2D eigenvalue weighted by molar-refractivity contribution is 0.132. The Morgan fingerprint density at radius 3 is 2.77 bits per heavy atom. The molecule has 2 aromatic rings. The second kappa shape index (κ2) is 6.34. The van der Waals surface area contributed by atoms with Crippen LogP contribution in [0.3, 0.4) is 0 Å². The third kappa shape index (κ3) is 2.62. The number of H-pyrrole nitrogens is 1. The number of benzene rings is 1. The summed E-state index contributed by atoms with van der Waals surface area (Å²) in [4.78, 5) is 18.0. The summed E-state index contributed by atoms with van der Waals surface area (Å²) in [5.74, 6) is 0. The fourth-order valence-electron chi connectivity index (χ4n) is 5.12. The van der Waals surface area contributed by atoms with Gasteiger partial charge in [-0.05, 0) is 67.3 Å². The number of alkyl halides is 1. The van der Waals surface area contributed by atoms with E-state index >= 15 is 0 Å². The van der Waals surface area contributed by atoms with Crippen molar-refractivity contribution in [3.63, 3.8) is 0 Å². The molecular weight excluding hydrogens is 327 g/mol. The van der Waals surface area contributed by atoms with E-state index in [0.29, 0.717) is 13.0 Å². The van der Waals surface area contributed by atoms with Crippen LogP contribution in [0.2, 0.25) is 0 Å². The molecule has 26 heavy (non-hydrogen) atoms. The van der Waals surface area contributed by atoms with E-state index in [0.717, 1.165) is 56.5 Å². The molecule has 2 heterocycles. The average Bonchev–Trinajstić information content (AvgIpc) is 3.02. The Bertz CT molecular complexity index is 917. The molecular formula is C22H25FN2O. The Kier molecular flexibility index (Phi) is 3.96. The van der Waals surface area contributed by atoms with Gasteiger partial charge >= 0.3 is 0 Å². The molecule has 0 spiro atoms. The molecule has 0 unspecified atom stereocenters. The summed E-state index contributed by atoms with van der Waals surface area (Å²) in [6, 6.07) is 6.39. The Labute approximate surface area is 153 Å². The number of aromatic amines is 1. The summed E-state index contributed by atoms with van der Waals surface area (Å²) in [5, 5.41) is 0. The summed E-state index contributed by atoms with van der Waals surface area (Å²) in [5.41, 5.74) is 8.60. The van der Waals surface area contributed by atoms with Crippen LogP contribution in [0.25, 0.3) is 11.3 Å². The highest BCUT2D eigenvalue weighted by Gasteiger charge is 2.29. The highest BCUT2D eigenvalue weighted by Crippen LogP contribution is 2.40. The standard InChI is InChI=1S/C22H25FN2O/c23-15-6-4-10-25(13-15)12-14-5-3-9-17-19(14)11-20-16-7-1-2-8-18(16)22(26)24-21(17)20/h3,5,9,15H,1-2,4,6-8,10-13H2,(H,24,26)/t15-/m0/s1. The Balaban J connectivity index is 1.53. The maximum absolute atomic E-state index is 13.8. The van der Waals surface area contributed by atoms with Gasteiger partial charge in [-0.25, -0.2) is 4.39 Å². The van der Waals surface area contributed by atoms with Gasteiger partial charge < -0.3 is 4.98 Å². The minimum absolute atomic E-state index is 0.105. The largest absolute Gasteiger partial charge is 0.321 e. The number of aromatic nitrogens is 1. The molecule has 1 fully saturated rings. The van der Waals surface area contributed by atoms with E-state index in [2.05, 4.69) is 28.1 Å². The maximum atomic E-state index is 13.8. The third-order valence-electron chi connectivity index (χ3n) is 6.38. The molecule has 0 radical (unpaired) electrons. The van der Waals surface area contributed by atoms with Crippen molar-refractivity contribution in [3.05, 3.63) is 56.4 Å². The number of halogens is 1. The highest BCUT2D eigenvalue weighted by atomic mass is 19.1. The molecule has 4 heteroatoms. The van der Waals surface area contributed by atoms with Crippen molar-refractivity contribution in [1.29, 1.82) is 0 Å². The van der Waals surface area contributed by atoms with Crippen molar-refractivity contribution in [3.8, 4) is 11.3 Å². The molecule has 5 rings (SSSR count). The molecule has 1 N–H and O–H groups in total. The first-order valence-electron chi connectivity index (χ1n) is 9.95. The third-order valence-corrected chi connectivity index (χ3v) is 6.38. The Morgan fingerprint density at radius 1 is 1.08 bits per heavy atom. The van der Waals surface area contributed by atoms with Gasteiger partial charge in [0.25, 0.3) is 5.56 Å². The lowest BCUT2D eigenvalue weighted by Crippen LogP contribution is -2.36. The molecule has 1 saturated heterocycles. The molecule has 1 atom stereocenters. The molecule has 2 aliphatic carbocycles. The van der Waals surface area contributed by atoms with E-state index in [-0.39, 0.29) is 5.56 Å². The van der Waals surface area contributed by atoms with Gasteiger partial charge in [0.05, 0.1) is 5.69 Å². The summed E-state index contributed by atoms with van der Waals surface area (Å²) in [6.45, 7) is 2.33. The van der Waals surface area contributed by atoms with Crippen LogP contribution in [0.5, 0.6) is 0 Å². The summed E-state index contributed by atoms with van der Waals surface area (Å²) in [7, 11) is 0. The normalized spacial score (nSPS) is 22.0. The molecule has 1 aromatic heterocycles. The molecule has 0 bridgehead atoms. The van der Waals surface area contributed by atoms with Gasteiger partial charge in [-0.2, -0.15) is 0 Å². The molecule has 136 valence electrons. The molecule has 0 saturated carbocycles. The molecule has 1 aliphatic heterocycles. The van der Waals surface area contributed by atoms with E-state index in [1.54, 1.807) is 0 Å². The second-order valence-corrected chi connectivity index (χ2v) is 8.07. The Hall–Kier alpha value is -1.94. The van der Waals surface area contributed by atoms with Crippen LogP contribution in [0, 0.1) is 0 Å². The second-order valence-electron chi connectivity index (χ2n) is 8.07. The van der Waals surface area contributed by atoms with Gasteiger partial charge in [-0.1, -0.05) is 18.2 Å². The van der Waals surface area contributed by atoms with Crippen LogP contribution in [0.1, 0.15) is 53.5 Å². The zero-order valence-electron chi connectivity index (χ0n) is 15.1. The summed E-state index contributed by atoms with van der Waals surface area (Å²) in [6.07, 6.45) is 6.09. The van der Waals surface area contributed by atoms with E-state index in [9.17, 15) is 9.18 Å². The Morgan fingerprint density at radius 2 is 1.92 bits per heavy atom. The number of nitrogens with zero attached hydrogens (tertiary/aromatic N) is 1. The number of likely N-dealkylation sites (tertiary alicyclic amines) is 1. The van der Waals surface area contributed by atoms with Crippen LogP contribution in [0.4, 0.5) is 4.39 Å². The van der Waals surface area contributed by atoms with Gasteiger partial charge in [0.2, 0.25) is 0 Å². The SMILES string of the molecule is O=c1[nH]c2c(c3c1CCCC3)Cc1c(CN3CCC[C@H](F)C3)cccc1-2. The predicted octanol–water partition coefficient (Wildman–Crippen LogP) is 3.76. The van der Waals surface area contributed by atoms with Gasteiger partial charge in [0.1, 0.15) is 6.17 Å². The van der Waals surface area contributed by atoms with Crippen LogP contribution >= 0.6 is 0 Å². The number of hydrogen-bond acceptors (Lipinski definition) is 2. The number of fused-ring (bicyclic) bond motifs is 5. The fraction of sp³-hybridized carbons (Fsp3) is 0.500. The van der Waals surface area contributed by atoms with Crippen molar-refractivity contribution in [1.82, 2.24) is 9.88 Å². The first-order valence-corrected chi connectivity index (χ1v) is 9.95. The topological polar surface area (TPSA) is 36.1 Å². The fourth-order valence-corrected chi connectivity index (χ4v) is 5.12. The van der Waals surface area contributed by atoms with Gasteiger partial charge in [-0.15, -0.1) is 0 Å². The lowest BCUT2D eigenvalue weighted by Gasteiger charge is -2.29. The van der Waals surface area contributed by atoms with Crippen LogP contribution in [-0.4, -0.2) is 29.1 Å². The van der Waals surface area contributed by atoms with Crippen LogP contribution in [-0.2, 0) is 25.8 Å². The van der Waals surface area contributed by atoms with Crippen molar-refractivity contribution in [2.24, 2.45) is 0 Å². The molecule has 3 aliphatic rings. The van der Waals surface area contributed by atoms with Crippen LogP contribution < -0.4 is 5.56 Å². The zero-order chi connectivity index (χ0) is 17.7. The van der Waals surface area contributed by atoms with Crippen LogP contribution in [0.15, 0.2) is 23.0 Å². The van der Waals surface area contributed by atoms with Gasteiger partial charge in [0.15, 0.2) is 0 Å². The predicted molar refractivity (Wildman–Crippen MR) is 101 cm³/mol. The molecule has 1 aromatic carbocycles. The minimum atomic E-state index is -0.693. The van der Waals surface area contributed by atoms with Crippen molar-refractivity contribution < 1.29 is 4.39 Å². The number of rotatable bonds is 2. The summed E-state index contributed by atoms with van der Waals surface area (Å²) < 4.78 is 13.8. The van der Waals surface area contributed by atoms with Crippen molar-refractivity contribution in [2.45, 2.75) is 57.7 Å². The van der Waals surface area contributed by atoms with Gasteiger partial charge in [0, 0.05) is 30.6 Å². The number of nitrogens with one attached hydrogen (secondary N) is 1. The van der Waals surface area contributed by atoms with Crippen molar-refractivity contribution >= 4 is 0 Å². The minimum Gasteiger partial charge on any atom is -0.321 e. The van der Waals surface area contributed by atoms with E-state index in [1.165, 1.54) is 34.2 Å². The molecule has 3 nitrogen and oxygen atoms in total. The zero-order valence-corrected chi connectivity index (χ0v) is 15.1. The monoisotopic (exact) mass is 352 g/mol. The summed E-state index contributed by atoms with van der Waals surface area (Å²) >= 11 is 0. The first-order chi connectivity index (χ1) is 12.7. The first kappa shape index (κ1) is 16.2. The van der Waals surface area contributed by atoms with E-state index in [1.807, 2.05) is 0 Å². The lowest BCUT2D eigenvalue weighted by atomic mass is 9.88. The van der Waals surface area contributed by atoms with Crippen molar-refractivity contribution in [2.75, 3.05) is 13.1 Å². The van der Waals surface area contributed by atoms with E-state index in [4.69, 9.17) is 0 Å². The average molecular weight is 352 g/mol. The molecule has 0 amide bonds. The highest BCUT2D eigenvalue weighted by molar-refractivity contribution is 5.76. The number of piperidine rings is 1. The quantitative estimate of drug-likeness (QED) is 0.762.